The second-order valence-electron chi connectivity index (χ2n) is 8.50. The number of amides is 2. The maximum atomic E-state index is 13.0. The van der Waals surface area contributed by atoms with E-state index in [0.29, 0.717) is 26.2 Å². The standard InChI is InChI=1S/C24H26N2O4/c1-15-3-4-16(2)18(11-15)23(27)25-7-9-26(10-8-25)24(28)20-13-19(20)17-5-6-21-22(12-17)30-14-29-21/h3-6,11-12,19-20H,7-10,13-14H2,1-2H3. The van der Waals surface area contributed by atoms with Crippen LogP contribution in [0.15, 0.2) is 36.4 Å². The molecule has 1 saturated carbocycles. The first kappa shape index (κ1) is 19.0. The van der Waals surface area contributed by atoms with Crippen LogP contribution in [-0.2, 0) is 4.79 Å². The topological polar surface area (TPSA) is 59.1 Å². The summed E-state index contributed by atoms with van der Waals surface area (Å²) in [6.07, 6.45) is 0.875. The van der Waals surface area contributed by atoms with Gasteiger partial charge in [-0.05, 0) is 55.5 Å². The Morgan fingerprint density at radius 1 is 0.900 bits per heavy atom. The summed E-state index contributed by atoms with van der Waals surface area (Å²) in [5.74, 6) is 2.09. The molecule has 1 aliphatic carbocycles. The van der Waals surface area contributed by atoms with E-state index < -0.39 is 0 Å². The lowest BCUT2D eigenvalue weighted by Crippen LogP contribution is -2.51. The van der Waals surface area contributed by atoms with Gasteiger partial charge >= 0.3 is 0 Å². The minimum atomic E-state index is 0.0339. The number of carbonyl (C=O) groups is 2. The van der Waals surface area contributed by atoms with Gasteiger partial charge in [-0.3, -0.25) is 9.59 Å². The molecule has 0 aromatic heterocycles. The van der Waals surface area contributed by atoms with Crippen molar-refractivity contribution in [3.8, 4) is 11.5 Å². The third-order valence-electron chi connectivity index (χ3n) is 6.43. The average Bonchev–Trinajstić information content (AvgIpc) is 3.43. The van der Waals surface area contributed by atoms with E-state index in [0.717, 1.165) is 40.2 Å². The van der Waals surface area contributed by atoms with Crippen LogP contribution in [0.4, 0.5) is 0 Å². The largest absolute Gasteiger partial charge is 0.454 e. The molecule has 2 heterocycles. The summed E-state index contributed by atoms with van der Waals surface area (Å²) in [6.45, 7) is 6.59. The van der Waals surface area contributed by atoms with E-state index in [2.05, 4.69) is 0 Å². The quantitative estimate of drug-likeness (QED) is 0.786. The second-order valence-corrected chi connectivity index (χ2v) is 8.50. The zero-order chi connectivity index (χ0) is 20.8. The Morgan fingerprint density at radius 2 is 1.63 bits per heavy atom. The van der Waals surface area contributed by atoms with Gasteiger partial charge in [-0.25, -0.2) is 0 Å². The van der Waals surface area contributed by atoms with Gasteiger partial charge in [0.2, 0.25) is 12.7 Å². The molecule has 1 saturated heterocycles. The zero-order valence-electron chi connectivity index (χ0n) is 17.4. The van der Waals surface area contributed by atoms with E-state index in [1.165, 1.54) is 0 Å². The number of fused-ring (bicyclic) bond motifs is 1. The number of hydrogen-bond acceptors (Lipinski definition) is 4. The number of piperazine rings is 1. The maximum Gasteiger partial charge on any atom is 0.254 e. The minimum absolute atomic E-state index is 0.0339. The van der Waals surface area contributed by atoms with Gasteiger partial charge in [0, 0.05) is 37.7 Å². The molecular formula is C24H26N2O4. The first-order chi connectivity index (χ1) is 14.5. The van der Waals surface area contributed by atoms with Gasteiger partial charge in [0.1, 0.15) is 0 Å². The molecule has 2 fully saturated rings. The molecule has 5 rings (SSSR count). The van der Waals surface area contributed by atoms with Crippen LogP contribution in [0.1, 0.15) is 39.4 Å². The van der Waals surface area contributed by atoms with Crippen LogP contribution >= 0.6 is 0 Å². The third-order valence-corrected chi connectivity index (χ3v) is 6.43. The SMILES string of the molecule is Cc1ccc(C)c(C(=O)N2CCN(C(=O)C3CC3c3ccc4c(c3)OCO4)CC2)c1. The Bertz CT molecular complexity index is 1010. The van der Waals surface area contributed by atoms with Gasteiger partial charge in [0.25, 0.3) is 5.91 Å². The Kier molecular flexibility index (Phi) is 4.65. The van der Waals surface area contributed by atoms with Gasteiger partial charge in [-0.2, -0.15) is 0 Å². The summed E-state index contributed by atoms with van der Waals surface area (Å²) in [6, 6.07) is 11.9. The molecule has 2 aromatic rings. The number of rotatable bonds is 3. The number of hydrogen-bond donors (Lipinski definition) is 0. The molecular weight excluding hydrogens is 380 g/mol. The zero-order valence-corrected chi connectivity index (χ0v) is 17.4. The number of ether oxygens (including phenoxy) is 2. The van der Waals surface area contributed by atoms with Crippen molar-refractivity contribution in [2.75, 3.05) is 33.0 Å². The molecule has 2 aliphatic heterocycles. The van der Waals surface area contributed by atoms with Gasteiger partial charge in [-0.15, -0.1) is 0 Å². The Labute approximate surface area is 176 Å². The van der Waals surface area contributed by atoms with E-state index in [9.17, 15) is 9.59 Å². The predicted octanol–water partition coefficient (Wildman–Crippen LogP) is 3.12. The maximum absolute atomic E-state index is 13.0. The summed E-state index contributed by atoms with van der Waals surface area (Å²) >= 11 is 0. The summed E-state index contributed by atoms with van der Waals surface area (Å²) in [5, 5.41) is 0. The van der Waals surface area contributed by atoms with Crippen LogP contribution in [0.5, 0.6) is 11.5 Å². The van der Waals surface area contributed by atoms with Crippen molar-refractivity contribution in [3.63, 3.8) is 0 Å². The normalized spacial score (nSPS) is 22.2. The Hall–Kier alpha value is -3.02. The Morgan fingerprint density at radius 3 is 2.43 bits per heavy atom. The van der Waals surface area contributed by atoms with Crippen molar-refractivity contribution in [2.45, 2.75) is 26.2 Å². The van der Waals surface area contributed by atoms with E-state index in [4.69, 9.17) is 9.47 Å². The molecule has 2 unspecified atom stereocenters. The summed E-state index contributed by atoms with van der Waals surface area (Å²) in [5.41, 5.74) is 3.98. The highest BCUT2D eigenvalue weighted by molar-refractivity contribution is 5.96. The van der Waals surface area contributed by atoms with Crippen molar-refractivity contribution in [1.82, 2.24) is 9.80 Å². The van der Waals surface area contributed by atoms with Gasteiger partial charge < -0.3 is 19.3 Å². The van der Waals surface area contributed by atoms with Crippen molar-refractivity contribution >= 4 is 11.8 Å². The van der Waals surface area contributed by atoms with Crippen molar-refractivity contribution in [2.24, 2.45) is 5.92 Å². The highest BCUT2D eigenvalue weighted by atomic mass is 16.7. The fourth-order valence-corrected chi connectivity index (χ4v) is 4.48. The molecule has 2 atom stereocenters. The van der Waals surface area contributed by atoms with Crippen molar-refractivity contribution in [3.05, 3.63) is 58.7 Å². The van der Waals surface area contributed by atoms with Crippen LogP contribution in [0, 0.1) is 19.8 Å². The van der Waals surface area contributed by atoms with Crippen molar-refractivity contribution in [1.29, 1.82) is 0 Å². The lowest BCUT2D eigenvalue weighted by atomic mass is 10.0. The van der Waals surface area contributed by atoms with Crippen LogP contribution < -0.4 is 9.47 Å². The highest BCUT2D eigenvalue weighted by Gasteiger charge is 2.46. The number of nitrogens with zero attached hydrogens (tertiary/aromatic N) is 2. The van der Waals surface area contributed by atoms with Gasteiger partial charge in [0.05, 0.1) is 0 Å². The first-order valence-corrected chi connectivity index (χ1v) is 10.6. The highest BCUT2D eigenvalue weighted by Crippen LogP contribution is 2.50. The minimum Gasteiger partial charge on any atom is -0.454 e. The summed E-state index contributed by atoms with van der Waals surface area (Å²) < 4.78 is 10.8. The second kappa shape index (κ2) is 7.35. The predicted molar refractivity (Wildman–Crippen MR) is 112 cm³/mol. The van der Waals surface area contributed by atoms with Crippen LogP contribution in [-0.4, -0.2) is 54.6 Å². The third kappa shape index (κ3) is 3.40. The molecule has 30 heavy (non-hydrogen) atoms. The average molecular weight is 406 g/mol. The molecule has 3 aliphatic rings. The molecule has 0 N–H and O–H groups in total. The first-order valence-electron chi connectivity index (χ1n) is 10.6. The molecule has 6 nitrogen and oxygen atoms in total. The number of benzene rings is 2. The molecule has 6 heteroatoms. The molecule has 0 radical (unpaired) electrons. The molecule has 156 valence electrons. The smallest absolute Gasteiger partial charge is 0.254 e. The molecule has 0 bridgehead atoms. The van der Waals surface area contributed by atoms with Crippen LogP contribution in [0.2, 0.25) is 0 Å². The van der Waals surface area contributed by atoms with Crippen LogP contribution in [0.3, 0.4) is 0 Å². The number of carbonyl (C=O) groups excluding carboxylic acids is 2. The Balaban J connectivity index is 1.19. The summed E-state index contributed by atoms with van der Waals surface area (Å²) in [4.78, 5) is 29.7. The monoisotopic (exact) mass is 406 g/mol. The molecule has 0 spiro atoms. The van der Waals surface area contributed by atoms with Crippen LogP contribution in [0.25, 0.3) is 0 Å². The van der Waals surface area contributed by atoms with E-state index in [1.807, 2.05) is 60.0 Å². The van der Waals surface area contributed by atoms with Gasteiger partial charge in [-0.1, -0.05) is 23.8 Å². The van der Waals surface area contributed by atoms with Crippen molar-refractivity contribution < 1.29 is 19.1 Å². The molecule has 2 amide bonds. The summed E-state index contributed by atoms with van der Waals surface area (Å²) in [7, 11) is 0. The van der Waals surface area contributed by atoms with E-state index in [1.54, 1.807) is 0 Å². The van der Waals surface area contributed by atoms with Gasteiger partial charge in [0.15, 0.2) is 11.5 Å². The lowest BCUT2D eigenvalue weighted by molar-refractivity contribution is -0.134. The fraction of sp³-hybridized carbons (Fsp3) is 0.417. The lowest BCUT2D eigenvalue weighted by Gasteiger charge is -2.35. The van der Waals surface area contributed by atoms with E-state index in [-0.39, 0.29) is 30.4 Å². The molecule has 2 aromatic carbocycles. The number of aryl methyl sites for hydroxylation is 2. The fourth-order valence-electron chi connectivity index (χ4n) is 4.48. The van der Waals surface area contributed by atoms with E-state index >= 15 is 0 Å².